The van der Waals surface area contributed by atoms with Gasteiger partial charge >= 0.3 is 0 Å². The first-order valence-electron chi connectivity index (χ1n) is 4.64. The zero-order chi connectivity index (χ0) is 10.3. The minimum Gasteiger partial charge on any atom is -0.494 e. The minimum atomic E-state index is -0.731. The molecular weight excluding hydrogens is 183 g/mol. The van der Waals surface area contributed by atoms with Gasteiger partial charge in [0.15, 0.2) is 11.6 Å². The van der Waals surface area contributed by atoms with Crippen molar-refractivity contribution in [2.24, 2.45) is 0 Å². The Balaban J connectivity index is 2.50. The molecule has 0 radical (unpaired) electrons. The van der Waals surface area contributed by atoms with Crippen LogP contribution in [0.15, 0.2) is 12.1 Å². The van der Waals surface area contributed by atoms with Gasteiger partial charge in [0, 0.05) is 0 Å². The molecule has 1 aliphatic carbocycles. The number of halogens is 1. The average Bonchev–Trinajstić information content (AvgIpc) is 2.85. The summed E-state index contributed by atoms with van der Waals surface area (Å²) in [4.78, 5) is 0. The van der Waals surface area contributed by atoms with Gasteiger partial charge in [-0.2, -0.15) is 0 Å². The fourth-order valence-electron chi connectivity index (χ4n) is 1.70. The van der Waals surface area contributed by atoms with Gasteiger partial charge in [-0.3, -0.25) is 0 Å². The van der Waals surface area contributed by atoms with Crippen molar-refractivity contribution in [2.75, 3.05) is 7.11 Å². The highest BCUT2D eigenvalue weighted by Crippen LogP contribution is 2.47. The summed E-state index contributed by atoms with van der Waals surface area (Å²) in [6.07, 6.45) is 1.51. The summed E-state index contributed by atoms with van der Waals surface area (Å²) >= 11 is 0. The highest BCUT2D eigenvalue weighted by atomic mass is 19.1. The zero-order valence-electron chi connectivity index (χ0n) is 8.30. The third kappa shape index (κ3) is 1.38. The molecule has 0 spiro atoms. The first-order chi connectivity index (χ1) is 6.57. The predicted octanol–water partition coefficient (Wildman–Crippen LogP) is 2.12. The summed E-state index contributed by atoms with van der Waals surface area (Å²) < 4.78 is 18.1. The van der Waals surface area contributed by atoms with Crippen molar-refractivity contribution in [1.29, 1.82) is 0 Å². The maximum absolute atomic E-state index is 13.2. The lowest BCUT2D eigenvalue weighted by Gasteiger charge is -2.13. The summed E-state index contributed by atoms with van der Waals surface area (Å²) in [5.41, 5.74) is 0.837. The highest BCUT2D eigenvalue weighted by Gasteiger charge is 2.43. The van der Waals surface area contributed by atoms with E-state index in [9.17, 15) is 9.50 Å². The van der Waals surface area contributed by atoms with Gasteiger partial charge in [0.2, 0.25) is 0 Å². The van der Waals surface area contributed by atoms with Gasteiger partial charge in [-0.15, -0.1) is 0 Å². The normalized spacial score (nSPS) is 18.0. The number of hydrogen-bond acceptors (Lipinski definition) is 2. The van der Waals surface area contributed by atoms with Crippen LogP contribution in [0.2, 0.25) is 0 Å². The second kappa shape index (κ2) is 2.95. The van der Waals surface area contributed by atoms with E-state index in [0.29, 0.717) is 0 Å². The third-order valence-electron chi connectivity index (χ3n) is 2.72. The van der Waals surface area contributed by atoms with Crippen molar-refractivity contribution in [3.63, 3.8) is 0 Å². The molecule has 0 saturated heterocycles. The van der Waals surface area contributed by atoms with Crippen LogP contribution < -0.4 is 4.74 Å². The Morgan fingerprint density at radius 1 is 1.43 bits per heavy atom. The number of rotatable bonds is 2. The number of methoxy groups -OCH3 is 1. The molecule has 0 atom stereocenters. The number of aryl methyl sites for hydroxylation is 1. The maximum Gasteiger partial charge on any atom is 0.165 e. The molecule has 1 aliphatic rings. The Morgan fingerprint density at radius 3 is 2.57 bits per heavy atom. The van der Waals surface area contributed by atoms with Crippen LogP contribution in [0.3, 0.4) is 0 Å². The Hall–Kier alpha value is -1.09. The molecule has 0 aliphatic heterocycles. The molecule has 1 saturated carbocycles. The fourth-order valence-corrected chi connectivity index (χ4v) is 1.70. The molecule has 0 unspecified atom stereocenters. The Bertz CT molecular complexity index is 370. The van der Waals surface area contributed by atoms with Crippen molar-refractivity contribution < 1.29 is 14.2 Å². The Morgan fingerprint density at radius 2 is 2.07 bits per heavy atom. The van der Waals surface area contributed by atoms with E-state index in [2.05, 4.69) is 0 Å². The molecule has 0 amide bonds. The van der Waals surface area contributed by atoms with E-state index in [1.807, 2.05) is 0 Å². The van der Waals surface area contributed by atoms with Crippen molar-refractivity contribution in [3.05, 3.63) is 29.1 Å². The average molecular weight is 196 g/mol. The van der Waals surface area contributed by atoms with E-state index in [1.54, 1.807) is 13.0 Å². The number of aliphatic hydroxyl groups is 1. The van der Waals surface area contributed by atoms with Gasteiger partial charge in [0.25, 0.3) is 0 Å². The van der Waals surface area contributed by atoms with Crippen molar-refractivity contribution in [1.82, 2.24) is 0 Å². The van der Waals surface area contributed by atoms with Crippen molar-refractivity contribution >= 4 is 0 Å². The minimum absolute atomic E-state index is 0.200. The fraction of sp³-hybridized carbons (Fsp3) is 0.455. The molecule has 1 N–H and O–H groups in total. The molecule has 0 bridgehead atoms. The smallest absolute Gasteiger partial charge is 0.165 e. The van der Waals surface area contributed by atoms with Crippen LogP contribution in [-0.2, 0) is 5.60 Å². The van der Waals surface area contributed by atoms with Crippen LogP contribution in [0.1, 0.15) is 24.0 Å². The monoisotopic (exact) mass is 196 g/mol. The molecule has 0 aromatic heterocycles. The summed E-state index contributed by atoms with van der Waals surface area (Å²) in [6, 6.07) is 3.00. The van der Waals surface area contributed by atoms with Crippen molar-refractivity contribution in [2.45, 2.75) is 25.4 Å². The van der Waals surface area contributed by atoms with Gasteiger partial charge < -0.3 is 9.84 Å². The standard InChI is InChI=1S/C11H13FO2/c1-7-5-9(12)10(14-2)6-8(7)11(13)3-4-11/h5-6,13H,3-4H2,1-2H3. The molecule has 1 aromatic rings. The van der Waals surface area contributed by atoms with E-state index < -0.39 is 5.60 Å². The quantitative estimate of drug-likeness (QED) is 0.785. The molecule has 1 aromatic carbocycles. The number of ether oxygens (including phenoxy) is 1. The second-order valence-corrected chi connectivity index (χ2v) is 3.83. The van der Waals surface area contributed by atoms with E-state index in [0.717, 1.165) is 24.0 Å². The van der Waals surface area contributed by atoms with Crippen LogP contribution in [0.4, 0.5) is 4.39 Å². The summed E-state index contributed by atoms with van der Waals surface area (Å²) in [7, 11) is 1.43. The lowest BCUT2D eigenvalue weighted by atomic mass is 10.0. The van der Waals surface area contributed by atoms with Crippen LogP contribution >= 0.6 is 0 Å². The Labute approximate surface area is 82.3 Å². The lowest BCUT2D eigenvalue weighted by molar-refractivity contribution is 0.150. The van der Waals surface area contributed by atoms with E-state index in [-0.39, 0.29) is 11.6 Å². The number of benzene rings is 1. The lowest BCUT2D eigenvalue weighted by Crippen LogP contribution is -2.07. The van der Waals surface area contributed by atoms with E-state index in [4.69, 9.17) is 4.74 Å². The second-order valence-electron chi connectivity index (χ2n) is 3.83. The topological polar surface area (TPSA) is 29.5 Å². The van der Waals surface area contributed by atoms with Crippen LogP contribution in [-0.4, -0.2) is 12.2 Å². The summed E-state index contributed by atoms with van der Waals surface area (Å²) in [6.45, 7) is 1.80. The molecule has 1 fully saturated rings. The van der Waals surface area contributed by atoms with E-state index in [1.165, 1.54) is 13.2 Å². The first-order valence-corrected chi connectivity index (χ1v) is 4.64. The van der Waals surface area contributed by atoms with Gasteiger partial charge in [0.1, 0.15) is 0 Å². The molecule has 2 nitrogen and oxygen atoms in total. The SMILES string of the molecule is COc1cc(C2(O)CC2)c(C)cc1F. The van der Waals surface area contributed by atoms with Crippen LogP contribution in [0.5, 0.6) is 5.75 Å². The highest BCUT2D eigenvalue weighted by molar-refractivity contribution is 5.41. The molecule has 14 heavy (non-hydrogen) atoms. The molecule has 3 heteroatoms. The summed E-state index contributed by atoms with van der Waals surface area (Å²) in [5, 5.41) is 9.91. The Kier molecular flexibility index (Phi) is 2.00. The van der Waals surface area contributed by atoms with Crippen molar-refractivity contribution in [3.8, 4) is 5.75 Å². The van der Waals surface area contributed by atoms with E-state index >= 15 is 0 Å². The summed E-state index contributed by atoms with van der Waals surface area (Å²) in [5.74, 6) is -0.177. The molecule has 2 rings (SSSR count). The van der Waals surface area contributed by atoms with Gasteiger partial charge in [-0.25, -0.2) is 4.39 Å². The predicted molar refractivity (Wildman–Crippen MR) is 50.8 cm³/mol. The maximum atomic E-state index is 13.2. The van der Waals surface area contributed by atoms with Crippen LogP contribution in [0, 0.1) is 12.7 Å². The van der Waals surface area contributed by atoms with Gasteiger partial charge in [0.05, 0.1) is 12.7 Å². The number of hydrogen-bond donors (Lipinski definition) is 1. The zero-order valence-corrected chi connectivity index (χ0v) is 8.30. The first kappa shape index (κ1) is 9.46. The van der Waals surface area contributed by atoms with Gasteiger partial charge in [-0.1, -0.05) is 0 Å². The molecule has 76 valence electrons. The molecule has 0 heterocycles. The third-order valence-corrected chi connectivity index (χ3v) is 2.72. The van der Waals surface area contributed by atoms with Gasteiger partial charge in [-0.05, 0) is 43.0 Å². The van der Waals surface area contributed by atoms with Crippen LogP contribution in [0.25, 0.3) is 0 Å². The largest absolute Gasteiger partial charge is 0.494 e. The molecular formula is C11H13FO2.